The van der Waals surface area contributed by atoms with Crippen molar-refractivity contribution in [3.8, 4) is 0 Å². The molecule has 410 valence electrons. The van der Waals surface area contributed by atoms with Crippen LogP contribution in [0.3, 0.4) is 0 Å². The summed E-state index contributed by atoms with van der Waals surface area (Å²) in [5.74, 6) is -0.409. The molecule has 0 spiro atoms. The second kappa shape index (κ2) is 43.8. The molecule has 2 aliphatic rings. The average Bonchev–Trinajstić information content (AvgIpc) is 3.37. The van der Waals surface area contributed by atoms with Crippen LogP contribution in [0.5, 0.6) is 0 Å². The van der Waals surface area contributed by atoms with Gasteiger partial charge in [-0.25, -0.2) is 0 Å². The summed E-state index contributed by atoms with van der Waals surface area (Å²) in [6.07, 6.45) is 38.3. The number of aliphatic hydroxyl groups is 7. The number of unbranched alkanes of at least 4 members (excludes halogenated alkanes) is 17. The van der Waals surface area contributed by atoms with Crippen LogP contribution >= 0.6 is 0 Å². The lowest BCUT2D eigenvalue weighted by molar-refractivity contribution is -0.332. The van der Waals surface area contributed by atoms with Crippen molar-refractivity contribution in [2.75, 3.05) is 33.0 Å². The number of hydrogen-bond acceptors (Lipinski definition) is 14. The first-order valence-corrected chi connectivity index (χ1v) is 27.5. The molecule has 0 aromatic rings. The Morgan fingerprint density at radius 3 is 1.44 bits per heavy atom. The molecule has 0 radical (unpaired) electrons. The standard InChI is InChI=1S/C57H98O14/c1-3-5-7-9-11-13-15-17-18-19-20-21-22-23-24-25-26-27-29-31-33-35-37-39-41-66-43-46(69-49(59)40-38-36-34-32-30-28-16-14-12-10-8-6-4-2)44-67-56-55(65)53(63)51(61)48(71-56)45-68-57-54(64)52(62)50(60)47(42-58)70-57/h6,8,12,14-15,17,19-20,22-23,28,30,46-48,50-58,60-65H,3-5,7,9-11,13,16,18,21,24-27,29,31-45H2,1-2H3/b8-6-,14-12-,17-15-,20-19-,23-22-,30-28-. The molecule has 0 amide bonds. The maximum absolute atomic E-state index is 13.0. The Kier molecular flexibility index (Phi) is 39.8. The van der Waals surface area contributed by atoms with E-state index in [1.807, 2.05) is 0 Å². The highest BCUT2D eigenvalue weighted by Crippen LogP contribution is 2.26. The number of aliphatic hydroxyl groups excluding tert-OH is 7. The number of carbonyl (C=O) groups is 1. The van der Waals surface area contributed by atoms with Crippen LogP contribution in [0, 0.1) is 0 Å². The highest BCUT2D eigenvalue weighted by Gasteiger charge is 2.47. The molecular formula is C57H98O14. The van der Waals surface area contributed by atoms with E-state index in [0.29, 0.717) is 13.0 Å². The zero-order valence-corrected chi connectivity index (χ0v) is 43.7. The van der Waals surface area contributed by atoms with Crippen molar-refractivity contribution in [1.82, 2.24) is 0 Å². The van der Waals surface area contributed by atoms with Gasteiger partial charge in [0.1, 0.15) is 54.9 Å². The molecule has 7 N–H and O–H groups in total. The SMILES string of the molecule is CC/C=C\C/C=C\C/C=C\CCCCCC(=O)OC(COCCCCCCCCCCC/C=C\C/C=C\C/C=C\CCCCCCC)COC1OC(COC2OC(CO)C(O)C(O)C2O)C(O)C(O)C1O. The minimum absolute atomic E-state index is 0.0420. The van der Waals surface area contributed by atoms with E-state index in [-0.39, 0.29) is 19.6 Å². The Balaban J connectivity index is 1.72. The molecule has 11 atom stereocenters. The van der Waals surface area contributed by atoms with E-state index < -0.39 is 86.7 Å². The lowest BCUT2D eigenvalue weighted by atomic mass is 9.98. The molecule has 14 nitrogen and oxygen atoms in total. The second-order valence-electron chi connectivity index (χ2n) is 19.0. The molecule has 0 aromatic heterocycles. The lowest BCUT2D eigenvalue weighted by Gasteiger charge is -2.42. The molecule has 0 saturated carbocycles. The first-order chi connectivity index (χ1) is 34.6. The normalized spacial score (nSPS) is 25.9. The largest absolute Gasteiger partial charge is 0.457 e. The van der Waals surface area contributed by atoms with Crippen molar-refractivity contribution >= 4 is 5.97 Å². The smallest absolute Gasteiger partial charge is 0.306 e. The number of rotatable bonds is 43. The van der Waals surface area contributed by atoms with E-state index in [4.69, 9.17) is 28.4 Å². The van der Waals surface area contributed by atoms with E-state index in [9.17, 15) is 40.5 Å². The number of hydrogen-bond donors (Lipinski definition) is 7. The average molecular weight is 1010 g/mol. The van der Waals surface area contributed by atoms with Gasteiger partial charge in [-0.3, -0.25) is 4.79 Å². The number of ether oxygens (including phenoxy) is 6. The third-order valence-corrected chi connectivity index (χ3v) is 12.7. The van der Waals surface area contributed by atoms with Gasteiger partial charge in [-0.05, 0) is 83.5 Å². The molecule has 2 heterocycles. The highest BCUT2D eigenvalue weighted by molar-refractivity contribution is 5.69. The van der Waals surface area contributed by atoms with E-state index in [0.717, 1.165) is 77.0 Å². The van der Waals surface area contributed by atoms with Crippen LogP contribution in [0.1, 0.15) is 181 Å². The zero-order valence-electron chi connectivity index (χ0n) is 43.7. The van der Waals surface area contributed by atoms with E-state index >= 15 is 0 Å². The summed E-state index contributed by atoms with van der Waals surface area (Å²) in [7, 11) is 0. The summed E-state index contributed by atoms with van der Waals surface area (Å²) < 4.78 is 34.3. The fourth-order valence-corrected chi connectivity index (χ4v) is 8.25. The minimum atomic E-state index is -1.72. The van der Waals surface area contributed by atoms with Gasteiger partial charge in [-0.2, -0.15) is 0 Å². The molecule has 2 saturated heterocycles. The third-order valence-electron chi connectivity index (χ3n) is 12.7. The summed E-state index contributed by atoms with van der Waals surface area (Å²) in [6, 6.07) is 0. The van der Waals surface area contributed by atoms with E-state index in [1.54, 1.807) is 0 Å². The fraction of sp³-hybridized carbons (Fsp3) is 0.772. The van der Waals surface area contributed by atoms with E-state index in [1.165, 1.54) is 77.0 Å². The van der Waals surface area contributed by atoms with Crippen molar-refractivity contribution in [3.63, 3.8) is 0 Å². The molecule has 2 fully saturated rings. The van der Waals surface area contributed by atoms with Gasteiger partial charge in [0.15, 0.2) is 12.6 Å². The van der Waals surface area contributed by atoms with Crippen LogP contribution in [0.25, 0.3) is 0 Å². The molecule has 2 rings (SSSR count). The predicted octanol–water partition coefficient (Wildman–Crippen LogP) is 9.08. The van der Waals surface area contributed by atoms with Gasteiger partial charge in [0.2, 0.25) is 0 Å². The molecular weight excluding hydrogens is 909 g/mol. The Labute approximate surface area is 427 Å². The monoisotopic (exact) mass is 1010 g/mol. The zero-order chi connectivity index (χ0) is 51.6. The van der Waals surface area contributed by atoms with Gasteiger partial charge in [0, 0.05) is 13.0 Å². The van der Waals surface area contributed by atoms with Gasteiger partial charge in [0.25, 0.3) is 0 Å². The molecule has 71 heavy (non-hydrogen) atoms. The van der Waals surface area contributed by atoms with Crippen molar-refractivity contribution in [2.24, 2.45) is 0 Å². The first kappa shape index (κ1) is 64.5. The van der Waals surface area contributed by atoms with Crippen molar-refractivity contribution < 1.29 is 69.0 Å². The van der Waals surface area contributed by atoms with Crippen LogP contribution in [0.2, 0.25) is 0 Å². The van der Waals surface area contributed by atoms with Crippen LogP contribution in [0.4, 0.5) is 0 Å². The molecule has 2 aliphatic heterocycles. The third kappa shape index (κ3) is 31.0. The Morgan fingerprint density at radius 1 is 0.479 bits per heavy atom. The van der Waals surface area contributed by atoms with Gasteiger partial charge < -0.3 is 64.2 Å². The van der Waals surface area contributed by atoms with Crippen molar-refractivity contribution in [3.05, 3.63) is 72.9 Å². The van der Waals surface area contributed by atoms with Crippen molar-refractivity contribution in [1.29, 1.82) is 0 Å². The Morgan fingerprint density at radius 2 is 0.915 bits per heavy atom. The number of allylic oxidation sites excluding steroid dienone is 12. The maximum atomic E-state index is 13.0. The van der Waals surface area contributed by atoms with E-state index in [2.05, 4.69) is 86.8 Å². The topological polar surface area (TPSA) is 214 Å². The first-order valence-electron chi connectivity index (χ1n) is 27.5. The molecule has 0 bridgehead atoms. The van der Waals surface area contributed by atoms with Crippen LogP contribution in [-0.2, 0) is 33.2 Å². The van der Waals surface area contributed by atoms with Gasteiger partial charge in [-0.15, -0.1) is 0 Å². The summed E-state index contributed by atoms with van der Waals surface area (Å²) >= 11 is 0. The number of carbonyl (C=O) groups excluding carboxylic acids is 1. The summed E-state index contributed by atoms with van der Waals surface area (Å²) in [6.45, 7) is 3.50. The summed E-state index contributed by atoms with van der Waals surface area (Å²) in [5.41, 5.74) is 0. The Hall–Kier alpha value is -2.57. The molecule has 11 unspecified atom stereocenters. The highest BCUT2D eigenvalue weighted by atomic mass is 16.7. The maximum Gasteiger partial charge on any atom is 0.306 e. The molecule has 0 aliphatic carbocycles. The van der Waals surface area contributed by atoms with Gasteiger partial charge in [0.05, 0.1) is 26.4 Å². The second-order valence-corrected chi connectivity index (χ2v) is 19.0. The fourth-order valence-electron chi connectivity index (χ4n) is 8.25. The van der Waals surface area contributed by atoms with Crippen LogP contribution < -0.4 is 0 Å². The molecule has 14 heteroatoms. The van der Waals surface area contributed by atoms with Crippen LogP contribution in [0.15, 0.2) is 72.9 Å². The van der Waals surface area contributed by atoms with Gasteiger partial charge in [-0.1, -0.05) is 164 Å². The molecule has 0 aromatic carbocycles. The lowest BCUT2D eigenvalue weighted by Crippen LogP contribution is -2.61. The van der Waals surface area contributed by atoms with Crippen molar-refractivity contribution in [2.45, 2.75) is 248 Å². The summed E-state index contributed by atoms with van der Waals surface area (Å²) in [4.78, 5) is 13.0. The minimum Gasteiger partial charge on any atom is -0.457 e. The summed E-state index contributed by atoms with van der Waals surface area (Å²) in [5, 5.41) is 72.2. The Bertz CT molecular complexity index is 1450. The predicted molar refractivity (Wildman–Crippen MR) is 279 cm³/mol. The quantitative estimate of drug-likeness (QED) is 0.0173. The van der Waals surface area contributed by atoms with Crippen LogP contribution in [-0.4, -0.2) is 142 Å². The number of esters is 1. The van der Waals surface area contributed by atoms with Gasteiger partial charge >= 0.3 is 5.97 Å².